The second-order valence-corrected chi connectivity index (χ2v) is 7.19. The van der Waals surface area contributed by atoms with Crippen molar-refractivity contribution >= 4 is 22.9 Å². The van der Waals surface area contributed by atoms with Crippen molar-refractivity contribution in [3.63, 3.8) is 0 Å². The van der Waals surface area contributed by atoms with Crippen LogP contribution in [-0.2, 0) is 11.8 Å². The summed E-state index contributed by atoms with van der Waals surface area (Å²) in [7, 11) is 1.91. The van der Waals surface area contributed by atoms with Gasteiger partial charge in [-0.2, -0.15) is 10.2 Å². The molecule has 1 N–H and O–H groups in total. The van der Waals surface area contributed by atoms with Crippen molar-refractivity contribution in [1.29, 1.82) is 0 Å². The minimum absolute atomic E-state index is 0.215. The first kappa shape index (κ1) is 17.2. The number of hydrogen-bond acceptors (Lipinski definition) is 6. The van der Waals surface area contributed by atoms with Gasteiger partial charge in [0.1, 0.15) is 11.2 Å². The topological polar surface area (TPSA) is 89.2 Å². The maximum atomic E-state index is 6.57. The Morgan fingerprint density at radius 3 is 2.89 bits per heavy atom. The zero-order valence-corrected chi connectivity index (χ0v) is 16.3. The smallest absolute Gasteiger partial charge is 0.181 e. The molecule has 0 radical (unpaired) electrons. The maximum Gasteiger partial charge on any atom is 0.181 e. The van der Waals surface area contributed by atoms with Crippen LogP contribution in [0.4, 0.5) is 5.82 Å². The molecule has 1 fully saturated rings. The average molecular weight is 399 g/mol. The highest BCUT2D eigenvalue weighted by atomic mass is 35.5. The molecule has 5 rings (SSSR count). The summed E-state index contributed by atoms with van der Waals surface area (Å²) in [4.78, 5) is 6.80. The fourth-order valence-corrected chi connectivity index (χ4v) is 3.90. The third-order valence-electron chi connectivity index (χ3n) is 5.04. The Hall–Kier alpha value is -2.91. The molecule has 5 heterocycles. The summed E-state index contributed by atoms with van der Waals surface area (Å²) in [6.45, 7) is 4.24. The molecule has 0 saturated carbocycles. The maximum absolute atomic E-state index is 6.57. The Bertz CT molecular complexity index is 1130. The average Bonchev–Trinajstić information content (AvgIpc) is 3.42. The van der Waals surface area contributed by atoms with Crippen molar-refractivity contribution in [2.24, 2.45) is 7.05 Å². The summed E-state index contributed by atoms with van der Waals surface area (Å²) in [5.41, 5.74) is 3.34. The first-order chi connectivity index (χ1) is 13.6. The van der Waals surface area contributed by atoms with Gasteiger partial charge in [0, 0.05) is 31.5 Å². The molecule has 1 aliphatic heterocycles. The van der Waals surface area contributed by atoms with Crippen molar-refractivity contribution in [3.05, 3.63) is 35.7 Å². The second-order valence-electron chi connectivity index (χ2n) is 6.83. The van der Waals surface area contributed by atoms with E-state index in [9.17, 15) is 0 Å². The molecule has 0 amide bonds. The number of aromatic nitrogens is 7. The number of morpholine rings is 1. The normalized spacial score (nSPS) is 17.5. The van der Waals surface area contributed by atoms with E-state index in [0.717, 1.165) is 34.8 Å². The highest BCUT2D eigenvalue weighted by molar-refractivity contribution is 6.33. The summed E-state index contributed by atoms with van der Waals surface area (Å²) >= 11 is 6.57. The van der Waals surface area contributed by atoms with Crippen molar-refractivity contribution in [1.82, 2.24) is 34.6 Å². The van der Waals surface area contributed by atoms with Gasteiger partial charge in [-0.15, -0.1) is 5.10 Å². The number of aromatic amines is 1. The molecule has 9 nitrogen and oxygen atoms in total. The number of H-pyrrole nitrogens is 1. The molecule has 0 aliphatic carbocycles. The Kier molecular flexibility index (Phi) is 4.06. The fourth-order valence-electron chi connectivity index (χ4n) is 3.63. The summed E-state index contributed by atoms with van der Waals surface area (Å²) < 4.78 is 9.20. The van der Waals surface area contributed by atoms with Crippen LogP contribution in [0.15, 0.2) is 30.6 Å². The molecule has 4 aromatic heterocycles. The molecule has 0 aromatic carbocycles. The molecule has 0 bridgehead atoms. The van der Waals surface area contributed by atoms with Crippen LogP contribution in [0.5, 0.6) is 0 Å². The lowest BCUT2D eigenvalue weighted by Crippen LogP contribution is -2.44. The zero-order chi connectivity index (χ0) is 19.3. The number of imidazole rings is 1. The van der Waals surface area contributed by atoms with E-state index in [1.165, 1.54) is 0 Å². The third kappa shape index (κ3) is 2.66. The van der Waals surface area contributed by atoms with Gasteiger partial charge in [0.25, 0.3) is 0 Å². The standard InChI is InChI=1S/C18H19ClN8O/c1-11-10-28-8-7-26(11)15-9-12(14-4-6-21-25(14)2)16-17(19)22-18(27(16)24-15)13-3-5-20-23-13/h3-6,9,11H,7-8,10H2,1-2H3,(H,20,23). The van der Waals surface area contributed by atoms with Crippen LogP contribution in [-0.4, -0.2) is 60.4 Å². The van der Waals surface area contributed by atoms with Crippen LogP contribution in [0.25, 0.3) is 28.3 Å². The largest absolute Gasteiger partial charge is 0.377 e. The molecule has 1 atom stereocenters. The number of nitrogens with one attached hydrogen (secondary N) is 1. The van der Waals surface area contributed by atoms with Gasteiger partial charge in [0.15, 0.2) is 16.8 Å². The number of rotatable bonds is 3. The molecule has 0 spiro atoms. The molecule has 28 heavy (non-hydrogen) atoms. The Balaban J connectivity index is 1.80. The predicted octanol–water partition coefficient (Wildman–Crippen LogP) is 2.40. The van der Waals surface area contributed by atoms with Crippen molar-refractivity contribution in [2.45, 2.75) is 13.0 Å². The van der Waals surface area contributed by atoms with E-state index in [-0.39, 0.29) is 6.04 Å². The second kappa shape index (κ2) is 6.61. The van der Waals surface area contributed by atoms with Crippen molar-refractivity contribution in [3.8, 4) is 22.8 Å². The summed E-state index contributed by atoms with van der Waals surface area (Å²) in [5.74, 6) is 1.46. The minimum Gasteiger partial charge on any atom is -0.377 e. The van der Waals surface area contributed by atoms with Gasteiger partial charge in [-0.3, -0.25) is 9.78 Å². The Labute approximate surface area is 165 Å². The summed E-state index contributed by atoms with van der Waals surface area (Å²) in [5, 5.41) is 16.6. The molecule has 10 heteroatoms. The molecule has 4 aromatic rings. The quantitative estimate of drug-likeness (QED) is 0.570. The van der Waals surface area contributed by atoms with Gasteiger partial charge >= 0.3 is 0 Å². The highest BCUT2D eigenvalue weighted by Gasteiger charge is 2.25. The van der Waals surface area contributed by atoms with Gasteiger partial charge in [-0.1, -0.05) is 11.6 Å². The van der Waals surface area contributed by atoms with E-state index in [1.54, 1.807) is 16.9 Å². The lowest BCUT2D eigenvalue weighted by Gasteiger charge is -2.34. The van der Waals surface area contributed by atoms with Crippen LogP contribution < -0.4 is 4.90 Å². The van der Waals surface area contributed by atoms with Crippen LogP contribution >= 0.6 is 11.6 Å². The highest BCUT2D eigenvalue weighted by Crippen LogP contribution is 2.35. The van der Waals surface area contributed by atoms with E-state index in [1.807, 2.05) is 23.9 Å². The lowest BCUT2D eigenvalue weighted by molar-refractivity contribution is 0.0984. The predicted molar refractivity (Wildman–Crippen MR) is 105 cm³/mol. The van der Waals surface area contributed by atoms with Crippen LogP contribution in [0.2, 0.25) is 5.15 Å². The van der Waals surface area contributed by atoms with Crippen LogP contribution in [0.3, 0.4) is 0 Å². The first-order valence-corrected chi connectivity index (χ1v) is 9.43. The Morgan fingerprint density at radius 2 is 2.18 bits per heavy atom. The molecular formula is C18H19ClN8O. The van der Waals surface area contributed by atoms with E-state index in [4.69, 9.17) is 21.4 Å². The summed E-state index contributed by atoms with van der Waals surface area (Å²) in [6.07, 6.45) is 3.45. The number of nitrogens with zero attached hydrogens (tertiary/aromatic N) is 7. The first-order valence-electron chi connectivity index (χ1n) is 9.05. The van der Waals surface area contributed by atoms with Crippen LogP contribution in [0.1, 0.15) is 6.92 Å². The number of fused-ring (bicyclic) bond motifs is 1. The van der Waals surface area contributed by atoms with E-state index in [0.29, 0.717) is 24.2 Å². The number of ether oxygens (including phenoxy) is 1. The van der Waals surface area contributed by atoms with Crippen molar-refractivity contribution < 1.29 is 4.74 Å². The van der Waals surface area contributed by atoms with Gasteiger partial charge in [-0.05, 0) is 25.1 Å². The fraction of sp³-hybridized carbons (Fsp3) is 0.333. The number of aryl methyl sites for hydroxylation is 1. The van der Waals surface area contributed by atoms with Crippen molar-refractivity contribution in [2.75, 3.05) is 24.7 Å². The molecule has 144 valence electrons. The Morgan fingerprint density at radius 1 is 1.29 bits per heavy atom. The van der Waals surface area contributed by atoms with Gasteiger partial charge < -0.3 is 9.64 Å². The lowest BCUT2D eigenvalue weighted by atomic mass is 10.1. The summed E-state index contributed by atoms with van der Waals surface area (Å²) in [6, 6.07) is 6.08. The monoisotopic (exact) mass is 398 g/mol. The van der Waals surface area contributed by atoms with Crippen LogP contribution in [0, 0.1) is 0 Å². The number of anilines is 1. The molecule has 1 unspecified atom stereocenters. The minimum atomic E-state index is 0.215. The molecule has 1 aliphatic rings. The third-order valence-corrected chi connectivity index (χ3v) is 5.31. The van der Waals surface area contributed by atoms with E-state index in [2.05, 4.69) is 38.2 Å². The molecule has 1 saturated heterocycles. The molecular weight excluding hydrogens is 380 g/mol. The number of halogens is 1. The van der Waals surface area contributed by atoms with E-state index >= 15 is 0 Å². The van der Waals surface area contributed by atoms with Gasteiger partial charge in [-0.25, -0.2) is 9.50 Å². The zero-order valence-electron chi connectivity index (χ0n) is 15.5. The van der Waals surface area contributed by atoms with E-state index < -0.39 is 0 Å². The van der Waals surface area contributed by atoms with Gasteiger partial charge in [0.2, 0.25) is 0 Å². The number of hydrogen-bond donors (Lipinski definition) is 1. The SMILES string of the molecule is CC1COCCN1c1cc(-c2ccnn2C)c2c(Cl)nc(-c3ccn[nH]3)n2n1. The van der Waals surface area contributed by atoms with Gasteiger partial charge in [0.05, 0.1) is 24.9 Å².